The number of hydrogen-bond acceptors (Lipinski definition) is 3. The predicted octanol–water partition coefficient (Wildman–Crippen LogP) is 2.56. The maximum absolute atomic E-state index is 12.2. The minimum atomic E-state index is -0.0953. The maximum Gasteiger partial charge on any atom is 0.258 e. The number of nitrogens with one attached hydrogen (secondary N) is 2. The lowest BCUT2D eigenvalue weighted by Crippen LogP contribution is -2.41. The number of rotatable bonds is 6. The zero-order chi connectivity index (χ0) is 16.2. The largest absolute Gasteiger partial charge is 0.360 e. The van der Waals surface area contributed by atoms with Gasteiger partial charge in [-0.2, -0.15) is 0 Å². The molecule has 1 aliphatic rings. The number of thiocarbonyl (C=S) groups is 1. The molecule has 0 radical (unpaired) electrons. The van der Waals surface area contributed by atoms with Crippen LogP contribution in [0.5, 0.6) is 0 Å². The van der Waals surface area contributed by atoms with Gasteiger partial charge in [0.25, 0.3) is 5.56 Å². The van der Waals surface area contributed by atoms with Crippen molar-refractivity contribution in [2.24, 2.45) is 0 Å². The number of para-hydroxylation sites is 1. The highest BCUT2D eigenvalue weighted by Gasteiger charge is 2.24. The number of aromatic nitrogens is 2. The third kappa shape index (κ3) is 4.07. The van der Waals surface area contributed by atoms with E-state index in [1.807, 2.05) is 18.2 Å². The van der Waals surface area contributed by atoms with Gasteiger partial charge in [-0.15, -0.1) is 0 Å². The molecule has 1 fully saturated rings. The first kappa shape index (κ1) is 15.9. The molecule has 1 aliphatic carbocycles. The normalized spacial score (nSPS) is 14.0. The molecular formula is C17H22N4OS. The smallest absolute Gasteiger partial charge is 0.258 e. The number of fused-ring (bicyclic) bond motifs is 1. The van der Waals surface area contributed by atoms with E-state index in [1.54, 1.807) is 6.07 Å². The molecule has 2 N–H and O–H groups in total. The van der Waals surface area contributed by atoms with Gasteiger partial charge >= 0.3 is 0 Å². The molecule has 0 aliphatic heterocycles. The van der Waals surface area contributed by atoms with Crippen LogP contribution in [0.2, 0.25) is 0 Å². The molecule has 1 aromatic carbocycles. The van der Waals surface area contributed by atoms with E-state index in [0.29, 0.717) is 23.8 Å². The maximum atomic E-state index is 12.2. The van der Waals surface area contributed by atoms with E-state index in [-0.39, 0.29) is 5.56 Å². The van der Waals surface area contributed by atoms with Crippen molar-refractivity contribution in [1.29, 1.82) is 0 Å². The lowest BCUT2D eigenvalue weighted by Gasteiger charge is -2.25. The summed E-state index contributed by atoms with van der Waals surface area (Å²) in [6.45, 7) is 3.55. The fraction of sp³-hybridized carbons (Fsp3) is 0.471. The molecule has 5 nitrogen and oxygen atoms in total. The molecule has 2 aromatic rings. The number of hydrogen-bond donors (Lipinski definition) is 2. The van der Waals surface area contributed by atoms with Gasteiger partial charge in [0.05, 0.1) is 17.4 Å². The second kappa shape index (κ2) is 7.08. The van der Waals surface area contributed by atoms with E-state index in [4.69, 9.17) is 12.2 Å². The van der Waals surface area contributed by atoms with Crippen molar-refractivity contribution in [3.05, 3.63) is 40.4 Å². The Kier molecular flexibility index (Phi) is 4.91. The monoisotopic (exact) mass is 330 g/mol. The van der Waals surface area contributed by atoms with Gasteiger partial charge in [0.15, 0.2) is 5.11 Å². The Balaban J connectivity index is 1.80. The molecule has 0 amide bonds. The molecular weight excluding hydrogens is 308 g/mol. The third-order valence-corrected chi connectivity index (χ3v) is 4.35. The fourth-order valence-electron chi connectivity index (χ4n) is 2.49. The summed E-state index contributed by atoms with van der Waals surface area (Å²) < 4.78 is 0. The topological polar surface area (TPSA) is 61.0 Å². The molecule has 3 rings (SSSR count). The zero-order valence-corrected chi connectivity index (χ0v) is 14.2. The lowest BCUT2D eigenvalue weighted by atomic mass is 10.2. The minimum Gasteiger partial charge on any atom is -0.360 e. The summed E-state index contributed by atoms with van der Waals surface area (Å²) >= 11 is 5.53. The Morgan fingerprint density at radius 2 is 2.22 bits per heavy atom. The highest BCUT2D eigenvalue weighted by Crippen LogP contribution is 2.19. The predicted molar refractivity (Wildman–Crippen MR) is 96.4 cm³/mol. The average Bonchev–Trinajstić information content (AvgIpc) is 3.35. The Bertz CT molecular complexity index is 754. The molecule has 122 valence electrons. The molecule has 6 heteroatoms. The van der Waals surface area contributed by atoms with Gasteiger partial charge in [-0.25, -0.2) is 4.98 Å². The van der Waals surface area contributed by atoms with E-state index in [0.717, 1.165) is 30.0 Å². The van der Waals surface area contributed by atoms with Crippen LogP contribution in [0.4, 0.5) is 0 Å². The van der Waals surface area contributed by atoms with Gasteiger partial charge in [0.2, 0.25) is 0 Å². The van der Waals surface area contributed by atoms with Crippen LogP contribution in [0.3, 0.4) is 0 Å². The molecule has 0 bridgehead atoms. The fourth-order valence-corrected chi connectivity index (χ4v) is 2.81. The van der Waals surface area contributed by atoms with Crippen molar-refractivity contribution >= 4 is 28.2 Å². The van der Waals surface area contributed by atoms with Crippen LogP contribution in [0.1, 0.15) is 38.4 Å². The second-order valence-electron chi connectivity index (χ2n) is 6.03. The van der Waals surface area contributed by atoms with Crippen LogP contribution < -0.4 is 10.9 Å². The van der Waals surface area contributed by atoms with Crippen molar-refractivity contribution in [2.75, 3.05) is 6.54 Å². The highest BCUT2D eigenvalue weighted by molar-refractivity contribution is 7.80. The van der Waals surface area contributed by atoms with Crippen LogP contribution in [0, 0.1) is 0 Å². The molecule has 0 unspecified atom stereocenters. The van der Waals surface area contributed by atoms with E-state index in [1.165, 1.54) is 12.8 Å². The van der Waals surface area contributed by atoms with Crippen LogP contribution in [-0.2, 0) is 6.54 Å². The van der Waals surface area contributed by atoms with E-state index in [2.05, 4.69) is 27.1 Å². The number of nitrogens with zero attached hydrogens (tertiary/aromatic N) is 2. The van der Waals surface area contributed by atoms with Crippen molar-refractivity contribution < 1.29 is 0 Å². The summed E-state index contributed by atoms with van der Waals surface area (Å²) in [5, 5.41) is 4.75. The molecule has 1 saturated carbocycles. The van der Waals surface area contributed by atoms with Crippen LogP contribution in [0.25, 0.3) is 10.9 Å². The average molecular weight is 330 g/mol. The quantitative estimate of drug-likeness (QED) is 0.797. The van der Waals surface area contributed by atoms with Gasteiger partial charge in [0.1, 0.15) is 5.82 Å². The Labute approximate surface area is 141 Å². The third-order valence-electron chi connectivity index (χ3n) is 3.98. The van der Waals surface area contributed by atoms with Crippen molar-refractivity contribution in [1.82, 2.24) is 20.2 Å². The number of benzene rings is 1. The van der Waals surface area contributed by atoms with Gasteiger partial charge in [-0.05, 0) is 43.6 Å². The molecule has 23 heavy (non-hydrogen) atoms. The first-order valence-electron chi connectivity index (χ1n) is 8.20. The standard InChI is InChI=1S/C17H22N4OS/c1-2-3-10-21(17(23)18-12-8-9-12)11-15-19-14-7-5-4-6-13(14)16(22)20-15/h4-7,12H,2-3,8-11H2,1H3,(H,18,23)(H,19,20,22). The number of H-pyrrole nitrogens is 1. The molecule has 0 spiro atoms. The van der Waals surface area contributed by atoms with Gasteiger partial charge in [-0.1, -0.05) is 25.5 Å². The van der Waals surface area contributed by atoms with E-state index in [9.17, 15) is 4.79 Å². The Hall–Kier alpha value is -1.95. The SMILES string of the molecule is CCCCN(Cc1nc2ccccc2c(=O)[nH]1)C(=S)NC1CC1. The molecule has 0 saturated heterocycles. The summed E-state index contributed by atoms with van der Waals surface area (Å²) in [6.07, 6.45) is 4.54. The van der Waals surface area contributed by atoms with Crippen molar-refractivity contribution in [3.63, 3.8) is 0 Å². The molecule has 1 heterocycles. The summed E-state index contributed by atoms with van der Waals surface area (Å²) in [7, 11) is 0. The lowest BCUT2D eigenvalue weighted by molar-refractivity contribution is 0.385. The van der Waals surface area contributed by atoms with Gasteiger partial charge < -0.3 is 15.2 Å². The Morgan fingerprint density at radius 3 is 2.96 bits per heavy atom. The van der Waals surface area contributed by atoms with Crippen LogP contribution in [0.15, 0.2) is 29.1 Å². The van der Waals surface area contributed by atoms with Crippen LogP contribution >= 0.6 is 12.2 Å². The van der Waals surface area contributed by atoms with E-state index >= 15 is 0 Å². The Morgan fingerprint density at radius 1 is 1.43 bits per heavy atom. The first-order chi connectivity index (χ1) is 11.2. The molecule has 0 atom stereocenters. The summed E-state index contributed by atoms with van der Waals surface area (Å²) in [6, 6.07) is 7.92. The second-order valence-corrected chi connectivity index (χ2v) is 6.42. The zero-order valence-electron chi connectivity index (χ0n) is 13.3. The van der Waals surface area contributed by atoms with Gasteiger partial charge in [0, 0.05) is 12.6 Å². The summed E-state index contributed by atoms with van der Waals surface area (Å²) in [5.74, 6) is 0.657. The summed E-state index contributed by atoms with van der Waals surface area (Å²) in [5.41, 5.74) is 0.630. The van der Waals surface area contributed by atoms with E-state index < -0.39 is 0 Å². The molecule has 1 aromatic heterocycles. The summed E-state index contributed by atoms with van der Waals surface area (Å²) in [4.78, 5) is 21.8. The first-order valence-corrected chi connectivity index (χ1v) is 8.61. The highest BCUT2D eigenvalue weighted by atomic mass is 32.1. The van der Waals surface area contributed by atoms with Crippen molar-refractivity contribution in [3.8, 4) is 0 Å². The minimum absolute atomic E-state index is 0.0953. The van der Waals surface area contributed by atoms with Crippen molar-refractivity contribution in [2.45, 2.75) is 45.2 Å². The number of unbranched alkanes of at least 4 members (excludes halogenated alkanes) is 1. The van der Waals surface area contributed by atoms with Crippen LogP contribution in [-0.4, -0.2) is 32.6 Å². The number of aromatic amines is 1. The van der Waals surface area contributed by atoms with Gasteiger partial charge in [-0.3, -0.25) is 4.79 Å².